The molecule has 2 aromatic carbocycles. The molecule has 10 nitrogen and oxygen atoms in total. The fourth-order valence-corrected chi connectivity index (χ4v) is 4.83. The predicted octanol–water partition coefficient (Wildman–Crippen LogP) is 4.42. The molecule has 3 amide bonds. The van der Waals surface area contributed by atoms with E-state index in [0.717, 1.165) is 10.4 Å². The van der Waals surface area contributed by atoms with Gasteiger partial charge in [-0.1, -0.05) is 18.2 Å². The fraction of sp³-hybridized carbons (Fsp3) is 0.148. The number of aryl methyl sites for hydroxylation is 1. The van der Waals surface area contributed by atoms with Crippen LogP contribution in [0.5, 0.6) is 0 Å². The number of oxazole rings is 1. The van der Waals surface area contributed by atoms with E-state index in [2.05, 4.69) is 20.6 Å². The Hall–Kier alpha value is -4.77. The maximum atomic E-state index is 13.1. The number of carbonyl (C=O) groups excluding carboxylic acids is 3. The summed E-state index contributed by atoms with van der Waals surface area (Å²) >= 11 is 1.27. The van der Waals surface area contributed by atoms with E-state index >= 15 is 0 Å². The molecule has 5 aromatic rings. The quantitative estimate of drug-likeness (QED) is 0.308. The summed E-state index contributed by atoms with van der Waals surface area (Å²) in [5.41, 5.74) is 2.52. The molecule has 192 valence electrons. The van der Waals surface area contributed by atoms with Crippen LogP contribution in [0.2, 0.25) is 0 Å². The molecular formula is C27H24N6O4S. The summed E-state index contributed by atoms with van der Waals surface area (Å²) in [6.07, 6.45) is 3.12. The van der Waals surface area contributed by atoms with Crippen molar-refractivity contribution in [1.82, 2.24) is 19.9 Å². The Morgan fingerprint density at radius 1 is 1.08 bits per heavy atom. The minimum absolute atomic E-state index is 0.135. The van der Waals surface area contributed by atoms with Gasteiger partial charge in [0.05, 0.1) is 27.0 Å². The number of rotatable bonds is 8. The van der Waals surface area contributed by atoms with Crippen LogP contribution < -0.4 is 15.5 Å². The standard InChI is InChI=1S/C27H24N6O4S/c1-28-24(34)12-13-33-20-9-8-18(32(2)26(36)17-6-4-3-5-7-17)14-19(20)30-27(33)31-25(35)23-11-10-22(38-23)21-15-29-16-37-21/h3-11,14-16H,12-13H2,1-2H3,(H,28,34)(H,30,31,35). The molecule has 0 spiro atoms. The van der Waals surface area contributed by atoms with E-state index in [4.69, 9.17) is 4.42 Å². The summed E-state index contributed by atoms with van der Waals surface area (Å²) in [4.78, 5) is 49.4. The van der Waals surface area contributed by atoms with E-state index < -0.39 is 0 Å². The third kappa shape index (κ3) is 5.04. The van der Waals surface area contributed by atoms with Gasteiger partial charge in [0.15, 0.2) is 12.2 Å². The van der Waals surface area contributed by atoms with Crippen LogP contribution in [0.4, 0.5) is 11.6 Å². The van der Waals surface area contributed by atoms with E-state index in [1.165, 1.54) is 17.7 Å². The number of hydrogen-bond acceptors (Lipinski definition) is 7. The number of nitrogens with one attached hydrogen (secondary N) is 2. The zero-order valence-electron chi connectivity index (χ0n) is 20.7. The number of anilines is 2. The molecule has 0 bridgehead atoms. The topological polar surface area (TPSA) is 122 Å². The van der Waals surface area contributed by atoms with E-state index in [1.54, 1.807) is 60.1 Å². The Kier molecular flexibility index (Phi) is 7.00. The lowest BCUT2D eigenvalue weighted by atomic mass is 10.2. The minimum Gasteiger partial charge on any atom is -0.443 e. The Morgan fingerprint density at radius 3 is 2.63 bits per heavy atom. The third-order valence-corrected chi connectivity index (χ3v) is 7.11. The number of carbonyl (C=O) groups is 3. The summed E-state index contributed by atoms with van der Waals surface area (Å²) in [5.74, 6) is 0.252. The summed E-state index contributed by atoms with van der Waals surface area (Å²) in [5, 5.41) is 5.49. The van der Waals surface area contributed by atoms with Gasteiger partial charge in [-0.15, -0.1) is 11.3 Å². The van der Waals surface area contributed by atoms with E-state index in [0.29, 0.717) is 39.9 Å². The van der Waals surface area contributed by atoms with Gasteiger partial charge >= 0.3 is 0 Å². The van der Waals surface area contributed by atoms with Crippen LogP contribution in [0.15, 0.2) is 77.7 Å². The number of aromatic nitrogens is 3. The molecule has 38 heavy (non-hydrogen) atoms. The highest BCUT2D eigenvalue weighted by molar-refractivity contribution is 7.17. The van der Waals surface area contributed by atoms with Crippen LogP contribution in [0.3, 0.4) is 0 Å². The first-order valence-corrected chi connectivity index (χ1v) is 12.6. The molecule has 11 heteroatoms. The normalized spacial score (nSPS) is 10.9. The van der Waals surface area contributed by atoms with Crippen molar-refractivity contribution < 1.29 is 18.8 Å². The van der Waals surface area contributed by atoms with E-state index in [9.17, 15) is 14.4 Å². The number of nitrogens with zero attached hydrogens (tertiary/aromatic N) is 4. The van der Waals surface area contributed by atoms with Crippen molar-refractivity contribution in [2.45, 2.75) is 13.0 Å². The summed E-state index contributed by atoms with van der Waals surface area (Å²) in [6.45, 7) is 0.303. The van der Waals surface area contributed by atoms with Crippen LogP contribution >= 0.6 is 11.3 Å². The second kappa shape index (κ2) is 10.7. The average molecular weight is 529 g/mol. The largest absolute Gasteiger partial charge is 0.443 e. The Bertz CT molecular complexity index is 1610. The van der Waals surface area contributed by atoms with Crippen molar-refractivity contribution in [3.63, 3.8) is 0 Å². The first-order valence-electron chi connectivity index (χ1n) is 11.8. The lowest BCUT2D eigenvalue weighted by molar-refractivity contribution is -0.120. The highest BCUT2D eigenvalue weighted by atomic mass is 32.1. The Balaban J connectivity index is 1.45. The highest BCUT2D eigenvalue weighted by Crippen LogP contribution is 2.30. The van der Waals surface area contributed by atoms with Gasteiger partial charge in [0.25, 0.3) is 11.8 Å². The van der Waals surface area contributed by atoms with Crippen molar-refractivity contribution in [2.24, 2.45) is 0 Å². The van der Waals surface area contributed by atoms with Gasteiger partial charge in [-0.2, -0.15) is 0 Å². The average Bonchev–Trinajstić information content (AvgIpc) is 3.71. The van der Waals surface area contributed by atoms with Gasteiger partial charge in [0.2, 0.25) is 11.9 Å². The monoisotopic (exact) mass is 528 g/mol. The second-order valence-electron chi connectivity index (χ2n) is 8.40. The molecule has 0 aliphatic carbocycles. The lowest BCUT2D eigenvalue weighted by Gasteiger charge is -2.17. The SMILES string of the molecule is CNC(=O)CCn1c(NC(=O)c2ccc(-c3cnco3)s2)nc2cc(N(C)C(=O)c3ccccc3)ccc21. The number of benzene rings is 2. The predicted molar refractivity (Wildman–Crippen MR) is 145 cm³/mol. The highest BCUT2D eigenvalue weighted by Gasteiger charge is 2.20. The number of fused-ring (bicyclic) bond motifs is 1. The van der Waals surface area contributed by atoms with E-state index in [-0.39, 0.29) is 24.1 Å². The first-order chi connectivity index (χ1) is 18.4. The number of amides is 3. The van der Waals surface area contributed by atoms with Crippen molar-refractivity contribution >= 4 is 51.7 Å². The molecule has 3 aromatic heterocycles. The number of imidazole rings is 1. The van der Waals surface area contributed by atoms with Crippen molar-refractivity contribution in [3.05, 3.63) is 83.7 Å². The van der Waals surface area contributed by atoms with Crippen LogP contribution in [0.25, 0.3) is 21.7 Å². The molecule has 0 aliphatic rings. The zero-order chi connectivity index (χ0) is 26.6. The molecule has 0 fully saturated rings. The summed E-state index contributed by atoms with van der Waals surface area (Å²) in [7, 11) is 3.27. The molecule has 2 N–H and O–H groups in total. The van der Waals surface area contributed by atoms with Crippen LogP contribution in [-0.4, -0.2) is 46.4 Å². The summed E-state index contributed by atoms with van der Waals surface area (Å²) in [6, 6.07) is 17.9. The molecule has 0 radical (unpaired) electrons. The van der Waals surface area contributed by atoms with Gasteiger partial charge in [0.1, 0.15) is 0 Å². The summed E-state index contributed by atoms with van der Waals surface area (Å²) < 4.78 is 7.10. The Morgan fingerprint density at radius 2 is 1.89 bits per heavy atom. The Labute approximate surface area is 221 Å². The molecule has 3 heterocycles. The van der Waals surface area contributed by atoms with Gasteiger partial charge in [-0.3, -0.25) is 19.7 Å². The van der Waals surface area contributed by atoms with Gasteiger partial charge in [-0.25, -0.2) is 9.97 Å². The molecule has 5 rings (SSSR count). The first kappa shape index (κ1) is 24.9. The lowest BCUT2D eigenvalue weighted by Crippen LogP contribution is -2.26. The second-order valence-corrected chi connectivity index (χ2v) is 9.48. The molecule has 0 unspecified atom stereocenters. The molecule has 0 saturated carbocycles. The third-order valence-electron chi connectivity index (χ3n) is 6.02. The minimum atomic E-state index is -0.339. The zero-order valence-corrected chi connectivity index (χ0v) is 21.5. The van der Waals surface area contributed by atoms with Crippen LogP contribution in [-0.2, 0) is 11.3 Å². The number of thiophene rings is 1. The maximum absolute atomic E-state index is 13.1. The van der Waals surface area contributed by atoms with Crippen molar-refractivity contribution in [1.29, 1.82) is 0 Å². The van der Waals surface area contributed by atoms with Crippen LogP contribution in [0.1, 0.15) is 26.5 Å². The van der Waals surface area contributed by atoms with Crippen molar-refractivity contribution in [3.8, 4) is 10.6 Å². The van der Waals surface area contributed by atoms with Crippen molar-refractivity contribution in [2.75, 3.05) is 24.3 Å². The smallest absolute Gasteiger partial charge is 0.268 e. The van der Waals surface area contributed by atoms with Gasteiger partial charge in [-0.05, 0) is 42.5 Å². The molecule has 0 aliphatic heterocycles. The van der Waals surface area contributed by atoms with E-state index in [1.807, 2.05) is 30.3 Å². The maximum Gasteiger partial charge on any atom is 0.268 e. The van der Waals surface area contributed by atoms with Crippen LogP contribution in [0, 0.1) is 0 Å². The molecule has 0 saturated heterocycles. The molecule has 0 atom stereocenters. The number of hydrogen-bond donors (Lipinski definition) is 2. The van der Waals surface area contributed by atoms with Gasteiger partial charge in [0, 0.05) is 38.3 Å². The molecular weight excluding hydrogens is 504 g/mol. The fourth-order valence-electron chi connectivity index (χ4n) is 3.97. The van der Waals surface area contributed by atoms with Gasteiger partial charge < -0.3 is 19.2 Å².